The van der Waals surface area contributed by atoms with E-state index in [0.29, 0.717) is 37.0 Å². The summed E-state index contributed by atoms with van der Waals surface area (Å²) in [5, 5.41) is 13.7. The average Bonchev–Trinajstić information content (AvgIpc) is 2.63. The van der Waals surface area contributed by atoms with Crippen molar-refractivity contribution < 1.29 is 13.9 Å². The zero-order chi connectivity index (χ0) is 16.8. The maximum absolute atomic E-state index is 13.5. The minimum absolute atomic E-state index is 0.0422. The van der Waals surface area contributed by atoms with Gasteiger partial charge in [-0.1, -0.05) is 18.2 Å². The molecule has 2 heterocycles. The Bertz CT molecular complexity index is 687. The number of hydrogen-bond acceptors (Lipinski definition) is 5. The molecule has 0 unspecified atom stereocenters. The highest BCUT2D eigenvalue weighted by atomic mass is 19.1. The van der Waals surface area contributed by atoms with E-state index in [-0.39, 0.29) is 17.6 Å². The van der Waals surface area contributed by atoms with Crippen LogP contribution in [0, 0.1) is 11.7 Å². The molecule has 1 aliphatic rings. The number of rotatable bonds is 5. The van der Waals surface area contributed by atoms with E-state index in [4.69, 9.17) is 4.74 Å². The summed E-state index contributed by atoms with van der Waals surface area (Å²) in [6.07, 6.45) is 1.45. The standard InChI is InChI=1S/C17H19FN4O2/c18-14-4-2-1-3-13(14)11-19-15-5-6-16(22-21-15)20-17(23)12-7-9-24-10-8-12/h1-6,12H,7-11H2,(H,19,21)(H,20,22,23). The van der Waals surface area contributed by atoms with Gasteiger partial charge in [0.15, 0.2) is 5.82 Å². The van der Waals surface area contributed by atoms with Crippen LogP contribution in [0.15, 0.2) is 36.4 Å². The van der Waals surface area contributed by atoms with Crippen molar-refractivity contribution in [2.45, 2.75) is 19.4 Å². The van der Waals surface area contributed by atoms with Crippen LogP contribution in [0.4, 0.5) is 16.0 Å². The Morgan fingerprint density at radius 1 is 1.12 bits per heavy atom. The SMILES string of the molecule is O=C(Nc1ccc(NCc2ccccc2F)nn1)C1CCOCC1. The lowest BCUT2D eigenvalue weighted by atomic mass is 9.99. The smallest absolute Gasteiger partial charge is 0.228 e. The molecule has 1 amide bonds. The van der Waals surface area contributed by atoms with Crippen molar-refractivity contribution in [3.05, 3.63) is 47.8 Å². The van der Waals surface area contributed by atoms with Gasteiger partial charge < -0.3 is 15.4 Å². The summed E-state index contributed by atoms with van der Waals surface area (Å²) in [6, 6.07) is 9.92. The van der Waals surface area contributed by atoms with E-state index < -0.39 is 0 Å². The lowest BCUT2D eigenvalue weighted by Gasteiger charge is -2.20. The zero-order valence-corrected chi connectivity index (χ0v) is 13.2. The Labute approximate surface area is 139 Å². The van der Waals surface area contributed by atoms with E-state index in [9.17, 15) is 9.18 Å². The number of carbonyl (C=O) groups excluding carboxylic acids is 1. The Kier molecular flexibility index (Phi) is 5.32. The van der Waals surface area contributed by atoms with Gasteiger partial charge in [-0.25, -0.2) is 4.39 Å². The maximum atomic E-state index is 13.5. The van der Waals surface area contributed by atoms with E-state index in [1.165, 1.54) is 6.07 Å². The summed E-state index contributed by atoms with van der Waals surface area (Å²) in [7, 11) is 0. The molecule has 2 N–H and O–H groups in total. The highest BCUT2D eigenvalue weighted by Crippen LogP contribution is 2.17. The predicted molar refractivity (Wildman–Crippen MR) is 87.9 cm³/mol. The number of carbonyl (C=O) groups is 1. The summed E-state index contributed by atoms with van der Waals surface area (Å²) in [4.78, 5) is 12.1. The third kappa shape index (κ3) is 4.26. The molecule has 0 spiro atoms. The summed E-state index contributed by atoms with van der Waals surface area (Å²) < 4.78 is 18.8. The first-order chi connectivity index (χ1) is 11.7. The lowest BCUT2D eigenvalue weighted by Crippen LogP contribution is -2.28. The second kappa shape index (κ2) is 7.83. The van der Waals surface area contributed by atoms with Gasteiger partial charge in [0.25, 0.3) is 0 Å². The second-order valence-electron chi connectivity index (χ2n) is 5.62. The van der Waals surface area contributed by atoms with Gasteiger partial charge in [-0.05, 0) is 31.0 Å². The van der Waals surface area contributed by atoms with E-state index in [1.807, 2.05) is 0 Å². The summed E-state index contributed by atoms with van der Waals surface area (Å²) in [5.41, 5.74) is 0.552. The first-order valence-corrected chi connectivity index (χ1v) is 7.92. The van der Waals surface area contributed by atoms with Crippen LogP contribution in [0.5, 0.6) is 0 Å². The number of nitrogens with one attached hydrogen (secondary N) is 2. The molecule has 7 heteroatoms. The van der Waals surface area contributed by atoms with Crippen molar-refractivity contribution in [2.75, 3.05) is 23.8 Å². The fourth-order valence-corrected chi connectivity index (χ4v) is 2.51. The maximum Gasteiger partial charge on any atom is 0.228 e. The van der Waals surface area contributed by atoms with Crippen LogP contribution in [0.3, 0.4) is 0 Å². The van der Waals surface area contributed by atoms with Gasteiger partial charge in [-0.3, -0.25) is 4.79 Å². The van der Waals surface area contributed by atoms with Crippen LogP contribution >= 0.6 is 0 Å². The molecule has 1 aromatic carbocycles. The summed E-state index contributed by atoms with van der Waals surface area (Å²) >= 11 is 0. The fraction of sp³-hybridized carbons (Fsp3) is 0.353. The largest absolute Gasteiger partial charge is 0.381 e. The molecule has 2 aromatic rings. The van der Waals surface area contributed by atoms with Crippen molar-refractivity contribution >= 4 is 17.5 Å². The quantitative estimate of drug-likeness (QED) is 0.881. The molecule has 1 saturated heterocycles. The number of hydrogen-bond donors (Lipinski definition) is 2. The molecule has 0 radical (unpaired) electrons. The lowest BCUT2D eigenvalue weighted by molar-refractivity contribution is -0.122. The van der Waals surface area contributed by atoms with Crippen molar-refractivity contribution in [2.24, 2.45) is 5.92 Å². The van der Waals surface area contributed by atoms with Gasteiger partial charge in [-0.15, -0.1) is 10.2 Å². The minimum Gasteiger partial charge on any atom is -0.381 e. The average molecular weight is 330 g/mol. The highest BCUT2D eigenvalue weighted by molar-refractivity contribution is 5.91. The molecular formula is C17H19FN4O2. The number of amides is 1. The summed E-state index contributed by atoms with van der Waals surface area (Å²) in [5.74, 6) is 0.558. The van der Waals surface area contributed by atoms with Gasteiger partial charge >= 0.3 is 0 Å². The normalized spacial score (nSPS) is 15.0. The Morgan fingerprint density at radius 3 is 2.54 bits per heavy atom. The molecule has 1 aromatic heterocycles. The van der Waals surface area contributed by atoms with Crippen molar-refractivity contribution in [1.29, 1.82) is 0 Å². The number of halogens is 1. The van der Waals surface area contributed by atoms with Crippen molar-refractivity contribution in [3.8, 4) is 0 Å². The Balaban J connectivity index is 1.53. The Morgan fingerprint density at radius 2 is 1.83 bits per heavy atom. The third-order valence-electron chi connectivity index (χ3n) is 3.93. The second-order valence-corrected chi connectivity index (χ2v) is 5.62. The van der Waals surface area contributed by atoms with E-state index in [1.54, 1.807) is 30.3 Å². The minimum atomic E-state index is -0.265. The number of aromatic nitrogens is 2. The van der Waals surface area contributed by atoms with Crippen molar-refractivity contribution in [3.63, 3.8) is 0 Å². The number of nitrogens with zero attached hydrogens (tertiary/aromatic N) is 2. The molecule has 0 bridgehead atoms. The fourth-order valence-electron chi connectivity index (χ4n) is 2.51. The monoisotopic (exact) mass is 330 g/mol. The first-order valence-electron chi connectivity index (χ1n) is 7.92. The van der Waals surface area contributed by atoms with Crippen LogP contribution in [0.25, 0.3) is 0 Å². The molecule has 24 heavy (non-hydrogen) atoms. The highest BCUT2D eigenvalue weighted by Gasteiger charge is 2.21. The van der Waals surface area contributed by atoms with Crippen LogP contribution < -0.4 is 10.6 Å². The van der Waals surface area contributed by atoms with E-state index in [2.05, 4.69) is 20.8 Å². The van der Waals surface area contributed by atoms with Crippen LogP contribution in [-0.2, 0) is 16.1 Å². The molecule has 0 saturated carbocycles. The van der Waals surface area contributed by atoms with Gasteiger partial charge in [0.05, 0.1) is 0 Å². The van der Waals surface area contributed by atoms with Crippen LogP contribution in [0.1, 0.15) is 18.4 Å². The van der Waals surface area contributed by atoms with Gasteiger partial charge in [0.1, 0.15) is 11.6 Å². The molecular weight excluding hydrogens is 311 g/mol. The number of benzene rings is 1. The zero-order valence-electron chi connectivity index (χ0n) is 13.2. The number of ether oxygens (including phenoxy) is 1. The van der Waals surface area contributed by atoms with Gasteiger partial charge in [0.2, 0.25) is 5.91 Å². The molecule has 0 atom stereocenters. The van der Waals surface area contributed by atoms with Gasteiger partial charge in [-0.2, -0.15) is 0 Å². The Hall–Kier alpha value is -2.54. The van der Waals surface area contributed by atoms with Gasteiger partial charge in [0, 0.05) is 31.2 Å². The molecule has 6 nitrogen and oxygen atoms in total. The summed E-state index contributed by atoms with van der Waals surface area (Å²) in [6.45, 7) is 1.54. The molecule has 0 aliphatic carbocycles. The van der Waals surface area contributed by atoms with Crippen molar-refractivity contribution in [1.82, 2.24) is 10.2 Å². The molecule has 3 rings (SSSR count). The third-order valence-corrected chi connectivity index (χ3v) is 3.93. The topological polar surface area (TPSA) is 76.1 Å². The van der Waals surface area contributed by atoms with E-state index >= 15 is 0 Å². The molecule has 1 aliphatic heterocycles. The predicted octanol–water partition coefficient (Wildman–Crippen LogP) is 2.59. The van der Waals surface area contributed by atoms with E-state index in [0.717, 1.165) is 12.8 Å². The van der Waals surface area contributed by atoms with Crippen LogP contribution in [0.2, 0.25) is 0 Å². The molecule has 126 valence electrons. The number of anilines is 2. The first kappa shape index (κ1) is 16.3. The van der Waals surface area contributed by atoms with Crippen LogP contribution in [-0.4, -0.2) is 29.3 Å². The molecule has 1 fully saturated rings.